The molecule has 26 heavy (non-hydrogen) atoms. The molecule has 6 heteroatoms. The number of nitrogens with zero attached hydrogens (tertiary/aromatic N) is 4. The van der Waals surface area contributed by atoms with Crippen molar-refractivity contribution in [3.8, 4) is 5.69 Å². The van der Waals surface area contributed by atoms with E-state index < -0.39 is 0 Å². The quantitative estimate of drug-likeness (QED) is 0.709. The van der Waals surface area contributed by atoms with Crippen LogP contribution in [0.2, 0.25) is 0 Å². The summed E-state index contributed by atoms with van der Waals surface area (Å²) in [7, 11) is 0. The van der Waals surface area contributed by atoms with Gasteiger partial charge in [0.1, 0.15) is 12.2 Å². The first-order chi connectivity index (χ1) is 12.5. The van der Waals surface area contributed by atoms with Gasteiger partial charge in [0.05, 0.1) is 11.4 Å². The maximum Gasteiger partial charge on any atom is 0.252 e. The van der Waals surface area contributed by atoms with Gasteiger partial charge in [-0.2, -0.15) is 5.10 Å². The Morgan fingerprint density at radius 3 is 2.38 bits per heavy atom. The lowest BCUT2D eigenvalue weighted by molar-refractivity contribution is -0.131. The van der Waals surface area contributed by atoms with Gasteiger partial charge in [-0.3, -0.25) is 14.2 Å². The minimum atomic E-state index is -0.187. The molecule has 0 bridgehead atoms. The van der Waals surface area contributed by atoms with Crippen LogP contribution >= 0.6 is 0 Å². The van der Waals surface area contributed by atoms with Gasteiger partial charge in [-0.05, 0) is 45.4 Å². The summed E-state index contributed by atoms with van der Waals surface area (Å²) in [6, 6.07) is 11.3. The second kappa shape index (κ2) is 7.15. The average molecular weight is 352 g/mol. The number of amides is 1. The second-order valence-electron chi connectivity index (χ2n) is 6.35. The number of likely N-dealkylation sites (N-methyl/N-ethyl adjacent to an activating group) is 1. The molecule has 0 radical (unpaired) electrons. The highest BCUT2D eigenvalue weighted by molar-refractivity contribution is 5.85. The number of pyridine rings is 1. The first-order valence-corrected chi connectivity index (χ1v) is 8.90. The van der Waals surface area contributed by atoms with Gasteiger partial charge in [0.2, 0.25) is 5.91 Å². The van der Waals surface area contributed by atoms with Crippen molar-refractivity contribution in [2.45, 2.75) is 34.2 Å². The van der Waals surface area contributed by atoms with Crippen LogP contribution in [0.25, 0.3) is 16.7 Å². The lowest BCUT2D eigenvalue weighted by Gasteiger charge is -2.20. The van der Waals surface area contributed by atoms with Gasteiger partial charge in [0.15, 0.2) is 0 Å². The molecule has 0 saturated heterocycles. The molecule has 0 saturated carbocycles. The fourth-order valence-electron chi connectivity index (χ4n) is 3.38. The largest absolute Gasteiger partial charge is 0.342 e. The Morgan fingerprint density at radius 1 is 1.12 bits per heavy atom. The molecule has 0 N–H and O–H groups in total. The molecule has 0 unspecified atom stereocenters. The second-order valence-corrected chi connectivity index (χ2v) is 6.35. The highest BCUT2D eigenvalue weighted by Crippen LogP contribution is 2.23. The van der Waals surface area contributed by atoms with Crippen molar-refractivity contribution in [1.29, 1.82) is 0 Å². The minimum Gasteiger partial charge on any atom is -0.342 e. The van der Waals surface area contributed by atoms with Gasteiger partial charge in [-0.1, -0.05) is 18.2 Å². The molecule has 2 aromatic heterocycles. The summed E-state index contributed by atoms with van der Waals surface area (Å²) in [5.74, 6) is -0.0688. The summed E-state index contributed by atoms with van der Waals surface area (Å²) in [4.78, 5) is 27.1. The van der Waals surface area contributed by atoms with Crippen LogP contribution in [-0.4, -0.2) is 38.2 Å². The van der Waals surface area contributed by atoms with Crippen molar-refractivity contribution < 1.29 is 4.79 Å². The third kappa shape index (κ3) is 3.03. The maximum atomic E-state index is 12.7. The van der Waals surface area contributed by atoms with Gasteiger partial charge in [-0.25, -0.2) is 4.68 Å². The summed E-state index contributed by atoms with van der Waals surface area (Å²) in [6.07, 6.45) is 0. The number of hydrogen-bond acceptors (Lipinski definition) is 3. The third-order valence-corrected chi connectivity index (χ3v) is 4.70. The van der Waals surface area contributed by atoms with Gasteiger partial charge < -0.3 is 4.90 Å². The first kappa shape index (κ1) is 17.9. The van der Waals surface area contributed by atoms with Gasteiger partial charge in [0.25, 0.3) is 5.56 Å². The number of rotatable bonds is 5. The molecule has 0 aliphatic carbocycles. The fourth-order valence-corrected chi connectivity index (χ4v) is 3.38. The molecule has 1 aromatic carbocycles. The van der Waals surface area contributed by atoms with Crippen molar-refractivity contribution in [1.82, 2.24) is 19.2 Å². The Morgan fingerprint density at radius 2 is 1.77 bits per heavy atom. The lowest BCUT2D eigenvalue weighted by atomic mass is 10.1. The number of carbonyl (C=O) groups excluding carboxylic acids is 1. The molecular formula is C20H24N4O2. The smallest absolute Gasteiger partial charge is 0.252 e. The Bertz CT molecular complexity index is 998. The van der Waals surface area contributed by atoms with Gasteiger partial charge in [0, 0.05) is 24.5 Å². The Balaban J connectivity index is 2.26. The topological polar surface area (TPSA) is 60.1 Å². The zero-order valence-electron chi connectivity index (χ0n) is 15.7. The summed E-state index contributed by atoms with van der Waals surface area (Å²) in [6.45, 7) is 8.96. The predicted octanol–water partition coefficient (Wildman–Crippen LogP) is 2.67. The number of aromatic nitrogens is 3. The average Bonchev–Trinajstić information content (AvgIpc) is 2.98. The number of aryl methyl sites for hydroxylation is 2. The van der Waals surface area contributed by atoms with Crippen LogP contribution < -0.4 is 5.56 Å². The molecule has 0 fully saturated rings. The van der Waals surface area contributed by atoms with Crippen molar-refractivity contribution in [3.05, 3.63) is 58.0 Å². The molecule has 2 heterocycles. The molecule has 0 aliphatic rings. The van der Waals surface area contributed by atoms with E-state index in [0.29, 0.717) is 18.7 Å². The monoisotopic (exact) mass is 352 g/mol. The molecule has 0 aliphatic heterocycles. The molecule has 1 amide bonds. The SMILES string of the molecule is CCN(CC)C(=O)Cn1c(=O)cc(C)c2c(C)nn(-c3ccccc3)c21. The summed E-state index contributed by atoms with van der Waals surface area (Å²) >= 11 is 0. The fraction of sp³-hybridized carbons (Fsp3) is 0.350. The molecule has 3 rings (SSSR count). The van der Waals surface area contributed by atoms with E-state index in [1.807, 2.05) is 58.0 Å². The zero-order valence-corrected chi connectivity index (χ0v) is 15.7. The first-order valence-electron chi connectivity index (χ1n) is 8.90. The van der Waals surface area contributed by atoms with Crippen LogP contribution in [0.15, 0.2) is 41.2 Å². The Labute approximate surface area is 152 Å². The van der Waals surface area contributed by atoms with Crippen LogP contribution in [0.5, 0.6) is 0 Å². The molecule has 3 aromatic rings. The molecular weight excluding hydrogens is 328 g/mol. The number of carbonyl (C=O) groups is 1. The van der Waals surface area contributed by atoms with Crippen LogP contribution in [0.3, 0.4) is 0 Å². The van der Waals surface area contributed by atoms with Crippen LogP contribution in [-0.2, 0) is 11.3 Å². The highest BCUT2D eigenvalue weighted by atomic mass is 16.2. The van der Waals surface area contributed by atoms with E-state index in [4.69, 9.17) is 0 Å². The predicted molar refractivity (Wildman–Crippen MR) is 103 cm³/mol. The molecule has 0 spiro atoms. The van der Waals surface area contributed by atoms with Gasteiger partial charge in [-0.15, -0.1) is 0 Å². The van der Waals surface area contributed by atoms with E-state index in [0.717, 1.165) is 22.3 Å². The van der Waals surface area contributed by atoms with Gasteiger partial charge >= 0.3 is 0 Å². The third-order valence-electron chi connectivity index (χ3n) is 4.70. The van der Waals surface area contributed by atoms with E-state index in [-0.39, 0.29) is 18.0 Å². The minimum absolute atomic E-state index is 0.00919. The van der Waals surface area contributed by atoms with Crippen LogP contribution in [0.1, 0.15) is 25.1 Å². The number of fused-ring (bicyclic) bond motifs is 1. The van der Waals surface area contributed by atoms with E-state index in [1.54, 1.807) is 15.6 Å². The van der Waals surface area contributed by atoms with Crippen LogP contribution in [0.4, 0.5) is 0 Å². The lowest BCUT2D eigenvalue weighted by Crippen LogP contribution is -2.36. The number of para-hydroxylation sites is 1. The standard InChI is InChI=1S/C20H24N4O2/c1-5-22(6-2)18(26)13-23-17(25)12-14(3)19-15(4)21-24(20(19)23)16-10-8-7-9-11-16/h7-12H,5-6,13H2,1-4H3. The summed E-state index contributed by atoms with van der Waals surface area (Å²) in [5, 5.41) is 5.56. The molecule has 0 atom stereocenters. The normalized spacial score (nSPS) is 11.1. The molecule has 136 valence electrons. The number of hydrogen-bond donors (Lipinski definition) is 0. The molecule has 6 nitrogen and oxygen atoms in total. The Kier molecular flexibility index (Phi) is 4.93. The summed E-state index contributed by atoms with van der Waals surface area (Å²) < 4.78 is 3.30. The van der Waals surface area contributed by atoms with E-state index in [1.165, 1.54) is 4.57 Å². The van der Waals surface area contributed by atoms with E-state index in [2.05, 4.69) is 5.10 Å². The van der Waals surface area contributed by atoms with Crippen LogP contribution in [0, 0.1) is 13.8 Å². The van der Waals surface area contributed by atoms with Crippen molar-refractivity contribution >= 4 is 16.9 Å². The highest BCUT2D eigenvalue weighted by Gasteiger charge is 2.20. The van der Waals surface area contributed by atoms with E-state index >= 15 is 0 Å². The van der Waals surface area contributed by atoms with Crippen molar-refractivity contribution in [2.75, 3.05) is 13.1 Å². The maximum absolute atomic E-state index is 12.7. The zero-order chi connectivity index (χ0) is 18.8. The van der Waals surface area contributed by atoms with Crippen molar-refractivity contribution in [3.63, 3.8) is 0 Å². The number of benzene rings is 1. The Hall–Kier alpha value is -2.89. The van der Waals surface area contributed by atoms with E-state index in [9.17, 15) is 9.59 Å². The summed E-state index contributed by atoms with van der Waals surface area (Å²) in [5.41, 5.74) is 3.05. The van der Waals surface area contributed by atoms with Crippen molar-refractivity contribution in [2.24, 2.45) is 0 Å².